The molecule has 0 spiro atoms. The number of piperidine rings is 1. The molecule has 0 saturated carbocycles. The van der Waals surface area contributed by atoms with Crippen LogP contribution in [-0.2, 0) is 13.1 Å². The van der Waals surface area contributed by atoms with Crippen molar-refractivity contribution in [1.82, 2.24) is 0 Å². The lowest BCUT2D eigenvalue weighted by Crippen LogP contribution is -3.13. The second-order valence-corrected chi connectivity index (χ2v) is 6.90. The Hall–Kier alpha value is -2.10. The summed E-state index contributed by atoms with van der Waals surface area (Å²) in [5.74, 6) is 0.991. The lowest BCUT2D eigenvalue weighted by Gasteiger charge is -2.28. The lowest BCUT2D eigenvalue weighted by atomic mass is 10.0. The van der Waals surface area contributed by atoms with Crippen LogP contribution in [0.2, 0.25) is 0 Å². The van der Waals surface area contributed by atoms with Crippen LogP contribution in [0.5, 0.6) is 5.75 Å². The van der Waals surface area contributed by atoms with Crippen molar-refractivity contribution in [2.75, 3.05) is 19.7 Å². The van der Waals surface area contributed by atoms with E-state index in [-0.39, 0.29) is 0 Å². The number of likely N-dealkylation sites (tertiary alicyclic amines) is 1. The Morgan fingerprint density at radius 3 is 2.52 bits per heavy atom. The summed E-state index contributed by atoms with van der Waals surface area (Å²) in [6, 6.07) is 19.9. The fourth-order valence-corrected chi connectivity index (χ4v) is 3.60. The van der Waals surface area contributed by atoms with Crippen molar-refractivity contribution in [3.63, 3.8) is 0 Å². The van der Waals surface area contributed by atoms with Crippen molar-refractivity contribution in [3.8, 4) is 5.75 Å². The number of nitrogens with one attached hydrogen (secondary N) is 1. The van der Waals surface area contributed by atoms with Gasteiger partial charge < -0.3 is 15.0 Å². The van der Waals surface area contributed by atoms with Crippen LogP contribution in [0.15, 0.2) is 67.3 Å². The third kappa shape index (κ3) is 5.45. The first-order valence-corrected chi connectivity index (χ1v) is 9.37. The first kappa shape index (κ1) is 17.7. The molecule has 1 fully saturated rings. The highest BCUT2D eigenvalue weighted by Crippen LogP contribution is 2.16. The molecular formula is C22H30N2O+2. The Labute approximate surface area is 151 Å². The van der Waals surface area contributed by atoms with Crippen LogP contribution >= 0.6 is 0 Å². The fraction of sp³-hybridized carbons (Fsp3) is 0.364. The minimum Gasteiger partial charge on any atom is -0.489 e. The highest BCUT2D eigenvalue weighted by atomic mass is 16.5. The molecule has 0 aliphatic carbocycles. The predicted octanol–water partition coefficient (Wildman–Crippen LogP) is 1.56. The van der Waals surface area contributed by atoms with E-state index in [0.717, 1.165) is 24.9 Å². The highest BCUT2D eigenvalue weighted by Gasteiger charge is 2.24. The number of hydrogen-bond donors (Lipinski definition) is 2. The number of ether oxygens (including phenoxy) is 1. The van der Waals surface area contributed by atoms with Gasteiger partial charge in [0, 0.05) is 24.0 Å². The minimum absolute atomic E-state index is 0.568. The monoisotopic (exact) mass is 338 g/mol. The molecule has 2 aromatic rings. The quantitative estimate of drug-likeness (QED) is 0.703. The summed E-state index contributed by atoms with van der Waals surface area (Å²) in [4.78, 5) is 1.71. The Bertz CT molecular complexity index is 648. The largest absolute Gasteiger partial charge is 0.489 e. The van der Waals surface area contributed by atoms with E-state index in [1.807, 2.05) is 6.07 Å². The maximum absolute atomic E-state index is 5.77. The van der Waals surface area contributed by atoms with E-state index in [1.165, 1.54) is 37.1 Å². The molecule has 3 N–H and O–H groups in total. The molecule has 0 unspecified atom stereocenters. The number of quaternary nitrogens is 2. The van der Waals surface area contributed by atoms with Gasteiger partial charge in [-0.15, -0.1) is 0 Å². The van der Waals surface area contributed by atoms with Gasteiger partial charge in [0.2, 0.25) is 0 Å². The zero-order chi connectivity index (χ0) is 17.3. The molecule has 0 bridgehead atoms. The molecular weight excluding hydrogens is 308 g/mol. The molecule has 0 amide bonds. The summed E-state index contributed by atoms with van der Waals surface area (Å²) in [6.07, 6.45) is 4.38. The molecule has 1 aliphatic rings. The molecule has 1 saturated heterocycles. The number of benzene rings is 2. The third-order valence-electron chi connectivity index (χ3n) is 5.03. The van der Waals surface area contributed by atoms with Gasteiger partial charge in [-0.3, -0.25) is 0 Å². The molecule has 1 heterocycles. The van der Waals surface area contributed by atoms with Gasteiger partial charge in [-0.05, 0) is 12.1 Å². The van der Waals surface area contributed by atoms with E-state index >= 15 is 0 Å². The molecule has 3 rings (SSSR count). The van der Waals surface area contributed by atoms with Gasteiger partial charge in [0.05, 0.1) is 19.1 Å². The molecule has 132 valence electrons. The summed E-state index contributed by atoms with van der Waals surface area (Å²) in [5, 5.41) is 2.50. The number of rotatable bonds is 8. The van der Waals surface area contributed by atoms with Gasteiger partial charge in [-0.2, -0.15) is 0 Å². The zero-order valence-corrected chi connectivity index (χ0v) is 15.0. The minimum atomic E-state index is 0.568. The van der Waals surface area contributed by atoms with E-state index in [1.54, 1.807) is 11.0 Å². The van der Waals surface area contributed by atoms with Crippen LogP contribution in [0, 0.1) is 0 Å². The van der Waals surface area contributed by atoms with Gasteiger partial charge in [0.15, 0.2) is 0 Å². The van der Waals surface area contributed by atoms with Crippen LogP contribution in [0.4, 0.5) is 0 Å². The van der Waals surface area contributed by atoms with Crippen LogP contribution in [0.25, 0.3) is 0 Å². The molecule has 2 aromatic carbocycles. The molecule has 3 heteroatoms. The topological polar surface area (TPSA) is 30.3 Å². The predicted molar refractivity (Wildman–Crippen MR) is 102 cm³/mol. The number of nitrogens with two attached hydrogens (primary N) is 1. The molecule has 0 radical (unpaired) electrons. The van der Waals surface area contributed by atoms with E-state index in [0.29, 0.717) is 6.61 Å². The second-order valence-electron chi connectivity index (χ2n) is 6.90. The van der Waals surface area contributed by atoms with Gasteiger partial charge in [0.25, 0.3) is 0 Å². The summed E-state index contributed by atoms with van der Waals surface area (Å²) in [6.45, 7) is 8.98. The van der Waals surface area contributed by atoms with Crippen molar-refractivity contribution in [1.29, 1.82) is 0 Å². The average molecular weight is 338 g/mol. The second kappa shape index (κ2) is 9.40. The highest BCUT2D eigenvalue weighted by molar-refractivity contribution is 5.32. The fourth-order valence-electron chi connectivity index (χ4n) is 3.60. The van der Waals surface area contributed by atoms with Crippen molar-refractivity contribution in [2.45, 2.75) is 32.0 Å². The molecule has 0 aromatic heterocycles. The molecule has 3 nitrogen and oxygen atoms in total. The maximum Gasteiger partial charge on any atom is 0.128 e. The Morgan fingerprint density at radius 2 is 1.76 bits per heavy atom. The van der Waals surface area contributed by atoms with E-state index in [2.05, 4.69) is 60.4 Å². The Kier molecular flexibility index (Phi) is 6.66. The van der Waals surface area contributed by atoms with Crippen LogP contribution in [-0.4, -0.2) is 25.7 Å². The number of hydrogen-bond acceptors (Lipinski definition) is 1. The standard InChI is InChI=1S/C22H28N2O/c1-2-16-25-22-11-7-6-10-20(22)17-23-21-12-14-24(15-13-21)18-19-8-4-3-5-9-19/h2-11,21,23H,1,12-18H2/p+2. The van der Waals surface area contributed by atoms with E-state index < -0.39 is 0 Å². The summed E-state index contributed by atoms with van der Waals surface area (Å²) in [5.41, 5.74) is 2.73. The van der Waals surface area contributed by atoms with Crippen LogP contribution in [0.1, 0.15) is 24.0 Å². The SMILES string of the molecule is C=CCOc1ccccc1C[NH2+]C1CC[NH+](Cc2ccccc2)CC1. The first-order chi connectivity index (χ1) is 12.3. The normalized spacial score (nSPS) is 20.2. The van der Waals surface area contributed by atoms with Crippen molar-refractivity contribution in [2.24, 2.45) is 0 Å². The number of para-hydroxylation sites is 1. The van der Waals surface area contributed by atoms with Crippen molar-refractivity contribution >= 4 is 0 Å². The zero-order valence-electron chi connectivity index (χ0n) is 15.0. The first-order valence-electron chi connectivity index (χ1n) is 9.37. The van der Waals surface area contributed by atoms with Gasteiger partial charge >= 0.3 is 0 Å². The van der Waals surface area contributed by atoms with Gasteiger partial charge in [-0.1, -0.05) is 55.1 Å². The van der Waals surface area contributed by atoms with Gasteiger partial charge in [0.1, 0.15) is 25.4 Å². The summed E-state index contributed by atoms with van der Waals surface area (Å²) >= 11 is 0. The van der Waals surface area contributed by atoms with E-state index in [9.17, 15) is 0 Å². The summed E-state index contributed by atoms with van der Waals surface area (Å²) < 4.78 is 5.77. The molecule has 0 atom stereocenters. The van der Waals surface area contributed by atoms with Crippen molar-refractivity contribution in [3.05, 3.63) is 78.4 Å². The smallest absolute Gasteiger partial charge is 0.128 e. The van der Waals surface area contributed by atoms with Gasteiger partial charge in [-0.25, -0.2) is 0 Å². The summed E-state index contributed by atoms with van der Waals surface area (Å²) in [7, 11) is 0. The van der Waals surface area contributed by atoms with Crippen LogP contribution < -0.4 is 15.0 Å². The average Bonchev–Trinajstić information content (AvgIpc) is 2.67. The molecule has 1 aliphatic heterocycles. The maximum atomic E-state index is 5.77. The Morgan fingerprint density at radius 1 is 1.04 bits per heavy atom. The van der Waals surface area contributed by atoms with Crippen LogP contribution in [0.3, 0.4) is 0 Å². The third-order valence-corrected chi connectivity index (χ3v) is 5.03. The lowest BCUT2D eigenvalue weighted by molar-refractivity contribution is -0.926. The van der Waals surface area contributed by atoms with E-state index in [4.69, 9.17) is 4.74 Å². The molecule has 25 heavy (non-hydrogen) atoms. The van der Waals surface area contributed by atoms with Crippen molar-refractivity contribution < 1.29 is 15.0 Å². The Balaban J connectivity index is 1.44.